The minimum Gasteiger partial charge on any atom is -0.313 e. The molecule has 0 aromatic heterocycles. The van der Waals surface area contributed by atoms with Crippen LogP contribution in [0.1, 0.15) is 46.5 Å². The second kappa shape index (κ2) is 5.86. The van der Waals surface area contributed by atoms with Crippen LogP contribution < -0.4 is 5.32 Å². The molecule has 0 aromatic rings. The standard InChI is InChI=1S/C13H28N2/c1-5-6-9-15(4)11-13(2,3)10-14-12-7-8-12/h12,14H,5-11H2,1-4H3. The predicted molar refractivity (Wildman–Crippen MR) is 67.2 cm³/mol. The summed E-state index contributed by atoms with van der Waals surface area (Å²) in [5.74, 6) is 0. The lowest BCUT2D eigenvalue weighted by Crippen LogP contribution is -2.39. The molecule has 1 fully saturated rings. The van der Waals surface area contributed by atoms with Gasteiger partial charge in [-0.2, -0.15) is 0 Å². The molecule has 0 aliphatic heterocycles. The van der Waals surface area contributed by atoms with Gasteiger partial charge in [0.1, 0.15) is 0 Å². The highest BCUT2D eigenvalue weighted by Gasteiger charge is 2.25. The van der Waals surface area contributed by atoms with E-state index in [9.17, 15) is 0 Å². The maximum atomic E-state index is 3.63. The van der Waals surface area contributed by atoms with Crippen molar-refractivity contribution < 1.29 is 0 Å². The molecular weight excluding hydrogens is 184 g/mol. The Kier molecular flexibility index (Phi) is 5.07. The molecule has 0 heterocycles. The van der Waals surface area contributed by atoms with Gasteiger partial charge in [0, 0.05) is 19.1 Å². The summed E-state index contributed by atoms with van der Waals surface area (Å²) in [6.45, 7) is 10.6. The monoisotopic (exact) mass is 212 g/mol. The summed E-state index contributed by atoms with van der Waals surface area (Å²) >= 11 is 0. The molecule has 0 unspecified atom stereocenters. The van der Waals surface area contributed by atoms with Crippen molar-refractivity contribution in [3.8, 4) is 0 Å². The van der Waals surface area contributed by atoms with Crippen LogP contribution in [0, 0.1) is 5.41 Å². The summed E-state index contributed by atoms with van der Waals surface area (Å²) < 4.78 is 0. The highest BCUT2D eigenvalue weighted by Crippen LogP contribution is 2.22. The molecular formula is C13H28N2. The fraction of sp³-hybridized carbons (Fsp3) is 1.00. The lowest BCUT2D eigenvalue weighted by atomic mass is 9.92. The van der Waals surface area contributed by atoms with Crippen molar-refractivity contribution in [3.63, 3.8) is 0 Å². The lowest BCUT2D eigenvalue weighted by molar-refractivity contribution is 0.202. The Bertz CT molecular complexity index is 173. The normalized spacial score (nSPS) is 17.4. The molecule has 0 aromatic carbocycles. The molecule has 15 heavy (non-hydrogen) atoms. The van der Waals surface area contributed by atoms with E-state index in [4.69, 9.17) is 0 Å². The highest BCUT2D eigenvalue weighted by molar-refractivity contribution is 4.84. The lowest BCUT2D eigenvalue weighted by Gasteiger charge is -2.30. The first-order chi connectivity index (χ1) is 7.03. The number of unbranched alkanes of at least 4 members (excludes halogenated alkanes) is 1. The van der Waals surface area contributed by atoms with E-state index in [1.54, 1.807) is 0 Å². The van der Waals surface area contributed by atoms with Gasteiger partial charge in [0.15, 0.2) is 0 Å². The molecule has 1 N–H and O–H groups in total. The molecule has 0 saturated heterocycles. The third-order valence-corrected chi connectivity index (χ3v) is 3.04. The van der Waals surface area contributed by atoms with E-state index < -0.39 is 0 Å². The molecule has 2 nitrogen and oxygen atoms in total. The molecule has 1 saturated carbocycles. The Morgan fingerprint density at radius 1 is 1.33 bits per heavy atom. The summed E-state index contributed by atoms with van der Waals surface area (Å²) in [5, 5.41) is 3.63. The minimum atomic E-state index is 0.408. The summed E-state index contributed by atoms with van der Waals surface area (Å²) in [6.07, 6.45) is 5.40. The van der Waals surface area contributed by atoms with Gasteiger partial charge in [0.25, 0.3) is 0 Å². The number of rotatable bonds is 8. The van der Waals surface area contributed by atoms with E-state index in [-0.39, 0.29) is 0 Å². The smallest absolute Gasteiger partial charge is 0.00684 e. The van der Waals surface area contributed by atoms with Crippen LogP contribution in [0.15, 0.2) is 0 Å². The van der Waals surface area contributed by atoms with Gasteiger partial charge in [-0.25, -0.2) is 0 Å². The summed E-state index contributed by atoms with van der Waals surface area (Å²) in [4.78, 5) is 2.47. The molecule has 90 valence electrons. The Morgan fingerprint density at radius 3 is 2.53 bits per heavy atom. The van der Waals surface area contributed by atoms with E-state index in [1.807, 2.05) is 0 Å². The zero-order chi connectivity index (χ0) is 11.3. The van der Waals surface area contributed by atoms with Gasteiger partial charge in [0.05, 0.1) is 0 Å². The van der Waals surface area contributed by atoms with Crippen LogP contribution in [-0.2, 0) is 0 Å². The summed E-state index contributed by atoms with van der Waals surface area (Å²) in [5.41, 5.74) is 0.408. The van der Waals surface area contributed by atoms with Gasteiger partial charge >= 0.3 is 0 Å². The maximum absolute atomic E-state index is 3.63. The largest absolute Gasteiger partial charge is 0.313 e. The van der Waals surface area contributed by atoms with E-state index in [2.05, 4.69) is 38.0 Å². The van der Waals surface area contributed by atoms with Gasteiger partial charge in [-0.05, 0) is 38.3 Å². The fourth-order valence-electron chi connectivity index (χ4n) is 2.00. The number of nitrogens with one attached hydrogen (secondary N) is 1. The Morgan fingerprint density at radius 2 is 2.00 bits per heavy atom. The van der Waals surface area contributed by atoms with Gasteiger partial charge in [-0.15, -0.1) is 0 Å². The second-order valence-corrected chi connectivity index (χ2v) is 5.91. The highest BCUT2D eigenvalue weighted by atomic mass is 15.1. The zero-order valence-corrected chi connectivity index (χ0v) is 11.0. The van der Waals surface area contributed by atoms with E-state index in [0.717, 1.165) is 12.6 Å². The molecule has 0 atom stereocenters. The first kappa shape index (κ1) is 13.0. The maximum Gasteiger partial charge on any atom is 0.00684 e. The van der Waals surface area contributed by atoms with Crippen molar-refractivity contribution in [2.75, 3.05) is 26.7 Å². The number of hydrogen-bond acceptors (Lipinski definition) is 2. The Hall–Kier alpha value is -0.0800. The Labute approximate surface area is 95.4 Å². The van der Waals surface area contributed by atoms with E-state index in [0.29, 0.717) is 5.41 Å². The molecule has 0 amide bonds. The molecule has 1 aliphatic carbocycles. The average molecular weight is 212 g/mol. The summed E-state index contributed by atoms with van der Waals surface area (Å²) in [7, 11) is 2.24. The Balaban J connectivity index is 2.14. The third kappa shape index (κ3) is 6.16. The molecule has 1 aliphatic rings. The average Bonchev–Trinajstić information content (AvgIpc) is 2.94. The van der Waals surface area contributed by atoms with Crippen LogP contribution in [0.3, 0.4) is 0 Å². The third-order valence-electron chi connectivity index (χ3n) is 3.04. The van der Waals surface area contributed by atoms with E-state index >= 15 is 0 Å². The van der Waals surface area contributed by atoms with Gasteiger partial charge in [-0.3, -0.25) is 0 Å². The first-order valence-corrected chi connectivity index (χ1v) is 6.45. The molecule has 1 rings (SSSR count). The van der Waals surface area contributed by atoms with Crippen molar-refractivity contribution in [2.24, 2.45) is 5.41 Å². The van der Waals surface area contributed by atoms with Crippen molar-refractivity contribution in [3.05, 3.63) is 0 Å². The minimum absolute atomic E-state index is 0.408. The van der Waals surface area contributed by atoms with Crippen molar-refractivity contribution >= 4 is 0 Å². The number of nitrogens with zero attached hydrogens (tertiary/aromatic N) is 1. The number of hydrogen-bond donors (Lipinski definition) is 1. The van der Waals surface area contributed by atoms with Crippen molar-refractivity contribution in [1.29, 1.82) is 0 Å². The molecule has 0 bridgehead atoms. The topological polar surface area (TPSA) is 15.3 Å². The fourth-order valence-corrected chi connectivity index (χ4v) is 2.00. The van der Waals surface area contributed by atoms with Crippen LogP contribution in [0.25, 0.3) is 0 Å². The van der Waals surface area contributed by atoms with Crippen LogP contribution >= 0.6 is 0 Å². The van der Waals surface area contributed by atoms with Crippen LogP contribution in [0.2, 0.25) is 0 Å². The predicted octanol–water partition coefficient (Wildman–Crippen LogP) is 2.50. The SMILES string of the molecule is CCCCN(C)CC(C)(C)CNC1CC1. The van der Waals surface area contributed by atoms with Crippen LogP contribution in [0.4, 0.5) is 0 Å². The summed E-state index contributed by atoms with van der Waals surface area (Å²) in [6, 6.07) is 0.838. The van der Waals surface area contributed by atoms with Crippen LogP contribution in [0.5, 0.6) is 0 Å². The quantitative estimate of drug-likeness (QED) is 0.665. The van der Waals surface area contributed by atoms with E-state index in [1.165, 1.54) is 38.8 Å². The zero-order valence-electron chi connectivity index (χ0n) is 11.0. The van der Waals surface area contributed by atoms with Gasteiger partial charge in [-0.1, -0.05) is 27.2 Å². The van der Waals surface area contributed by atoms with Crippen LogP contribution in [-0.4, -0.2) is 37.6 Å². The first-order valence-electron chi connectivity index (χ1n) is 6.45. The molecule has 0 spiro atoms. The molecule has 0 radical (unpaired) electrons. The van der Waals surface area contributed by atoms with Crippen molar-refractivity contribution in [2.45, 2.75) is 52.5 Å². The van der Waals surface area contributed by atoms with Crippen molar-refractivity contribution in [1.82, 2.24) is 10.2 Å². The second-order valence-electron chi connectivity index (χ2n) is 5.91. The van der Waals surface area contributed by atoms with Gasteiger partial charge < -0.3 is 10.2 Å². The van der Waals surface area contributed by atoms with Gasteiger partial charge in [0.2, 0.25) is 0 Å². The molecule has 2 heteroatoms.